The first-order chi connectivity index (χ1) is 16.0. The van der Waals surface area contributed by atoms with E-state index in [1.165, 1.54) is 25.6 Å². The molecule has 3 N–H and O–H groups in total. The maximum absolute atomic E-state index is 14.7. The summed E-state index contributed by atoms with van der Waals surface area (Å²) in [5.74, 6) is -0.625. The smallest absolute Gasteiger partial charge is 0.266 e. The number of pyridine rings is 1. The summed E-state index contributed by atoms with van der Waals surface area (Å²) in [5, 5.41) is 3.53. The Bertz CT molecular complexity index is 1320. The van der Waals surface area contributed by atoms with Gasteiger partial charge in [-0.1, -0.05) is 18.2 Å². The molecule has 1 saturated heterocycles. The molecule has 1 fully saturated rings. The second-order valence-electron chi connectivity index (χ2n) is 8.36. The highest BCUT2D eigenvalue weighted by molar-refractivity contribution is 7.91. The summed E-state index contributed by atoms with van der Waals surface area (Å²) in [4.78, 5) is 13.0. The number of methoxy groups -OCH3 is 1. The molecule has 1 aliphatic heterocycles. The maximum atomic E-state index is 14.7. The summed E-state index contributed by atoms with van der Waals surface area (Å²) in [6, 6.07) is 4.79. The van der Waals surface area contributed by atoms with Gasteiger partial charge in [0.25, 0.3) is 6.43 Å². The van der Waals surface area contributed by atoms with Crippen LogP contribution in [0.2, 0.25) is 0 Å². The summed E-state index contributed by atoms with van der Waals surface area (Å²) in [6.07, 6.45) is -1.28. The molecule has 0 spiro atoms. The zero-order chi connectivity index (χ0) is 24.7. The number of halogens is 3. The minimum Gasteiger partial charge on any atom is -0.479 e. The van der Waals surface area contributed by atoms with Crippen molar-refractivity contribution in [3.05, 3.63) is 53.2 Å². The number of nitrogens with two attached hydrogens (primary N) is 1. The SMILES string of the molecule is COc1nc(C2(N)CCS(=O)(=O)CC2)cc2c(NC(C)c3cccc(C(F)F)c3F)ncnc12. The first-order valence-corrected chi connectivity index (χ1v) is 12.4. The van der Waals surface area contributed by atoms with Gasteiger partial charge in [0.2, 0.25) is 5.88 Å². The molecular weight excluding hydrogens is 471 g/mol. The van der Waals surface area contributed by atoms with Gasteiger partial charge in [-0.15, -0.1) is 0 Å². The number of aromatic nitrogens is 3. The van der Waals surface area contributed by atoms with E-state index in [1.807, 2.05) is 0 Å². The van der Waals surface area contributed by atoms with E-state index >= 15 is 0 Å². The van der Waals surface area contributed by atoms with Gasteiger partial charge in [0.1, 0.15) is 33.3 Å². The van der Waals surface area contributed by atoms with E-state index in [9.17, 15) is 21.6 Å². The van der Waals surface area contributed by atoms with E-state index in [0.29, 0.717) is 22.4 Å². The second kappa shape index (κ2) is 8.99. The molecule has 1 unspecified atom stereocenters. The Labute approximate surface area is 194 Å². The number of nitrogens with zero attached hydrogens (tertiary/aromatic N) is 3. The number of alkyl halides is 2. The maximum Gasteiger partial charge on any atom is 0.266 e. The summed E-state index contributed by atoms with van der Waals surface area (Å²) in [5.41, 5.74) is 5.72. The van der Waals surface area contributed by atoms with Gasteiger partial charge < -0.3 is 15.8 Å². The molecule has 0 bridgehead atoms. The molecule has 3 aromatic rings. The van der Waals surface area contributed by atoms with Gasteiger partial charge in [-0.3, -0.25) is 0 Å². The summed E-state index contributed by atoms with van der Waals surface area (Å²) in [7, 11) is -1.73. The zero-order valence-electron chi connectivity index (χ0n) is 18.6. The Morgan fingerprint density at radius 2 is 1.85 bits per heavy atom. The average Bonchev–Trinajstić information content (AvgIpc) is 2.80. The van der Waals surface area contributed by atoms with Gasteiger partial charge in [-0.2, -0.15) is 0 Å². The van der Waals surface area contributed by atoms with Crippen LogP contribution in [-0.4, -0.2) is 42.0 Å². The molecular formula is C22H24F3N5O3S. The molecule has 1 aromatic carbocycles. The van der Waals surface area contributed by atoms with Gasteiger partial charge in [-0.25, -0.2) is 36.5 Å². The number of rotatable bonds is 6. The lowest BCUT2D eigenvalue weighted by atomic mass is 9.88. The van der Waals surface area contributed by atoms with Gasteiger partial charge in [-0.05, 0) is 25.8 Å². The van der Waals surface area contributed by atoms with Gasteiger partial charge in [0.15, 0.2) is 0 Å². The molecule has 3 heterocycles. The van der Waals surface area contributed by atoms with Crippen LogP contribution in [0.3, 0.4) is 0 Å². The van der Waals surface area contributed by atoms with Crippen molar-refractivity contribution in [3.63, 3.8) is 0 Å². The van der Waals surface area contributed by atoms with E-state index in [4.69, 9.17) is 10.5 Å². The number of hydrogen-bond acceptors (Lipinski definition) is 8. The van der Waals surface area contributed by atoms with E-state index in [1.54, 1.807) is 13.0 Å². The highest BCUT2D eigenvalue weighted by Crippen LogP contribution is 2.36. The molecule has 0 amide bonds. The normalized spacial score (nSPS) is 18.1. The number of ether oxygens (including phenoxy) is 1. The molecule has 1 aliphatic rings. The Kier molecular flexibility index (Phi) is 6.38. The quantitative estimate of drug-likeness (QED) is 0.532. The highest BCUT2D eigenvalue weighted by atomic mass is 32.2. The van der Waals surface area contributed by atoms with Crippen LogP contribution in [0.1, 0.15) is 49.1 Å². The average molecular weight is 496 g/mol. The molecule has 182 valence electrons. The largest absolute Gasteiger partial charge is 0.479 e. The molecule has 0 saturated carbocycles. The third-order valence-electron chi connectivity index (χ3n) is 6.12. The Morgan fingerprint density at radius 3 is 2.50 bits per heavy atom. The number of benzene rings is 1. The number of sulfone groups is 1. The third-order valence-corrected chi connectivity index (χ3v) is 7.78. The fourth-order valence-electron chi connectivity index (χ4n) is 4.06. The van der Waals surface area contributed by atoms with Gasteiger partial charge >= 0.3 is 0 Å². The monoisotopic (exact) mass is 495 g/mol. The van der Waals surface area contributed by atoms with Crippen LogP contribution in [0.15, 0.2) is 30.6 Å². The van der Waals surface area contributed by atoms with E-state index in [-0.39, 0.29) is 35.8 Å². The van der Waals surface area contributed by atoms with Crippen LogP contribution in [0, 0.1) is 5.82 Å². The second-order valence-corrected chi connectivity index (χ2v) is 10.7. The summed E-state index contributed by atoms with van der Waals surface area (Å²) >= 11 is 0. The highest BCUT2D eigenvalue weighted by Gasteiger charge is 2.37. The van der Waals surface area contributed by atoms with Crippen molar-refractivity contribution in [3.8, 4) is 5.88 Å². The standard InChI is InChI=1S/C22H24F3N5O3S/c1-12(13-4-3-5-14(17(13)23)19(24)25)29-20-15-10-16(22(26)6-8-34(31,32)9-7-22)30-21(33-2)18(15)27-11-28-20/h3-5,10-12,19H,6-9,26H2,1-2H3,(H,27,28,29). The molecule has 2 aromatic heterocycles. The summed E-state index contributed by atoms with van der Waals surface area (Å²) < 4.78 is 70.2. The molecule has 12 heteroatoms. The predicted octanol–water partition coefficient (Wildman–Crippen LogP) is 3.65. The molecule has 34 heavy (non-hydrogen) atoms. The zero-order valence-corrected chi connectivity index (χ0v) is 19.4. The Balaban J connectivity index is 1.76. The number of anilines is 1. The van der Waals surface area contributed by atoms with Crippen molar-refractivity contribution in [2.45, 2.75) is 37.8 Å². The van der Waals surface area contributed by atoms with Crippen molar-refractivity contribution < 1.29 is 26.3 Å². The van der Waals surface area contributed by atoms with Gasteiger partial charge in [0, 0.05) is 5.56 Å². The van der Waals surface area contributed by atoms with Crippen LogP contribution >= 0.6 is 0 Å². The topological polar surface area (TPSA) is 120 Å². The van der Waals surface area contributed by atoms with Crippen molar-refractivity contribution in [1.82, 2.24) is 15.0 Å². The Hall–Kier alpha value is -2.99. The van der Waals surface area contributed by atoms with Crippen LogP contribution in [0.4, 0.5) is 19.0 Å². The third kappa shape index (κ3) is 4.51. The van der Waals surface area contributed by atoms with Crippen LogP contribution in [-0.2, 0) is 15.4 Å². The van der Waals surface area contributed by atoms with Crippen molar-refractivity contribution in [2.75, 3.05) is 23.9 Å². The molecule has 0 radical (unpaired) electrons. The number of hydrogen-bond donors (Lipinski definition) is 2. The predicted molar refractivity (Wildman–Crippen MR) is 121 cm³/mol. The molecule has 8 nitrogen and oxygen atoms in total. The number of nitrogens with one attached hydrogen (secondary N) is 1. The minimum atomic E-state index is -3.15. The van der Waals surface area contributed by atoms with Crippen LogP contribution < -0.4 is 15.8 Å². The first-order valence-electron chi connectivity index (χ1n) is 10.6. The van der Waals surface area contributed by atoms with Crippen LogP contribution in [0.25, 0.3) is 10.9 Å². The van der Waals surface area contributed by atoms with Crippen molar-refractivity contribution in [2.24, 2.45) is 5.73 Å². The molecule has 4 rings (SSSR count). The molecule has 0 aliphatic carbocycles. The van der Waals surface area contributed by atoms with Crippen molar-refractivity contribution >= 4 is 26.6 Å². The number of fused-ring (bicyclic) bond motifs is 1. The lowest BCUT2D eigenvalue weighted by molar-refractivity contribution is 0.146. The fourth-order valence-corrected chi connectivity index (χ4v) is 5.61. The lowest BCUT2D eigenvalue weighted by Gasteiger charge is -2.33. The minimum absolute atomic E-state index is 0.0542. The fraction of sp³-hybridized carbons (Fsp3) is 0.409. The summed E-state index contributed by atoms with van der Waals surface area (Å²) in [6.45, 7) is 1.62. The Morgan fingerprint density at radius 1 is 1.18 bits per heavy atom. The first kappa shape index (κ1) is 24.1. The van der Waals surface area contributed by atoms with Gasteiger partial charge in [0.05, 0.1) is 46.8 Å². The van der Waals surface area contributed by atoms with Crippen molar-refractivity contribution in [1.29, 1.82) is 0 Å². The van der Waals surface area contributed by atoms with Crippen LogP contribution in [0.5, 0.6) is 5.88 Å². The molecule has 1 atom stereocenters. The lowest BCUT2D eigenvalue weighted by Crippen LogP contribution is -2.45. The van der Waals surface area contributed by atoms with E-state index in [2.05, 4.69) is 20.3 Å². The van der Waals surface area contributed by atoms with E-state index < -0.39 is 39.2 Å². The van der Waals surface area contributed by atoms with E-state index in [0.717, 1.165) is 6.07 Å².